The molecule has 0 saturated carbocycles. The van der Waals surface area contributed by atoms with E-state index in [0.29, 0.717) is 32.6 Å². The molecule has 0 N–H and O–H groups in total. The van der Waals surface area contributed by atoms with Crippen LogP contribution in [0.15, 0.2) is 54.6 Å². The summed E-state index contributed by atoms with van der Waals surface area (Å²) >= 11 is 0. The van der Waals surface area contributed by atoms with Gasteiger partial charge in [-0.3, -0.25) is 14.6 Å². The highest BCUT2D eigenvalue weighted by Gasteiger charge is 2.46. The Labute approximate surface area is 196 Å². The number of hydrogen-bond donors (Lipinski definition) is 0. The Morgan fingerprint density at radius 2 is 1.61 bits per heavy atom. The second-order valence-electron chi connectivity index (χ2n) is 9.68. The largest absolute Gasteiger partial charge is 0.441 e. The Morgan fingerprint density at radius 1 is 0.848 bits per heavy atom. The number of likely N-dealkylation sites (tertiary alicyclic amines) is 2. The van der Waals surface area contributed by atoms with Gasteiger partial charge in [0.2, 0.25) is 0 Å². The summed E-state index contributed by atoms with van der Waals surface area (Å²) in [6, 6.07) is 18.1. The molecule has 33 heavy (non-hydrogen) atoms. The zero-order valence-electron chi connectivity index (χ0n) is 19.2. The molecule has 0 aromatic heterocycles. The molecule has 0 radical (unpaired) electrons. The molecule has 174 valence electrons. The lowest BCUT2D eigenvalue weighted by atomic mass is 9.95. The Hall–Kier alpha value is -2.86. The fraction of sp³-hybridized carbons (Fsp3) is 0.481. The Morgan fingerprint density at radius 3 is 2.42 bits per heavy atom. The molecule has 0 bridgehead atoms. The van der Waals surface area contributed by atoms with Crippen molar-refractivity contribution in [1.82, 2.24) is 14.7 Å². The normalized spacial score (nSPS) is 23.7. The summed E-state index contributed by atoms with van der Waals surface area (Å²) in [5.74, 6) is 0.104. The highest BCUT2D eigenvalue weighted by molar-refractivity contribution is 5.95. The van der Waals surface area contributed by atoms with Crippen molar-refractivity contribution in [2.45, 2.75) is 50.8 Å². The third-order valence-electron chi connectivity index (χ3n) is 7.28. The first-order valence-electron chi connectivity index (χ1n) is 12.2. The predicted molar refractivity (Wildman–Crippen MR) is 127 cm³/mol. The number of hydrogen-bond acceptors (Lipinski definition) is 4. The highest BCUT2D eigenvalue weighted by Crippen LogP contribution is 2.34. The first kappa shape index (κ1) is 22.0. The average molecular weight is 448 g/mol. The van der Waals surface area contributed by atoms with Gasteiger partial charge in [0.1, 0.15) is 5.60 Å². The minimum Gasteiger partial charge on any atom is -0.441 e. The number of nitrogens with zero attached hydrogens (tertiary/aromatic N) is 3. The van der Waals surface area contributed by atoms with Crippen LogP contribution >= 0.6 is 0 Å². The standard InChI is InChI=1S/C27H33N3O3/c31-25(24-12-5-4-11-23(24)20-28-15-6-7-16-28)29-17-8-13-27(14-18-29)21-30(26(32)33-27)19-22-9-2-1-3-10-22/h1-5,9-12H,6-8,13-21H2. The molecule has 3 aliphatic heterocycles. The molecular formula is C27H33N3O3. The van der Waals surface area contributed by atoms with E-state index < -0.39 is 5.60 Å². The summed E-state index contributed by atoms with van der Waals surface area (Å²) < 4.78 is 5.94. The molecule has 5 rings (SSSR count). The molecular weight excluding hydrogens is 414 g/mol. The van der Waals surface area contributed by atoms with Crippen LogP contribution in [0.5, 0.6) is 0 Å². The third-order valence-corrected chi connectivity index (χ3v) is 7.28. The molecule has 1 unspecified atom stereocenters. The third kappa shape index (κ3) is 4.91. The molecule has 3 fully saturated rings. The summed E-state index contributed by atoms with van der Waals surface area (Å²) in [6.07, 6.45) is 4.56. The van der Waals surface area contributed by atoms with Crippen molar-refractivity contribution < 1.29 is 14.3 Å². The highest BCUT2D eigenvalue weighted by atomic mass is 16.6. The maximum Gasteiger partial charge on any atom is 0.410 e. The molecule has 2 amide bonds. The van der Waals surface area contributed by atoms with Gasteiger partial charge < -0.3 is 9.64 Å². The minimum atomic E-state index is -0.490. The first-order valence-corrected chi connectivity index (χ1v) is 12.2. The molecule has 1 atom stereocenters. The van der Waals surface area contributed by atoms with E-state index in [2.05, 4.69) is 11.0 Å². The van der Waals surface area contributed by atoms with Crippen LogP contribution in [-0.4, -0.2) is 65.0 Å². The van der Waals surface area contributed by atoms with Gasteiger partial charge in [-0.1, -0.05) is 48.5 Å². The van der Waals surface area contributed by atoms with Gasteiger partial charge in [0.15, 0.2) is 0 Å². The molecule has 6 nitrogen and oxygen atoms in total. The van der Waals surface area contributed by atoms with Crippen LogP contribution in [0.4, 0.5) is 4.79 Å². The van der Waals surface area contributed by atoms with Crippen molar-refractivity contribution in [3.63, 3.8) is 0 Å². The Balaban J connectivity index is 1.24. The number of ether oxygens (including phenoxy) is 1. The topological polar surface area (TPSA) is 53.1 Å². The lowest BCUT2D eigenvalue weighted by Gasteiger charge is -2.26. The maximum atomic E-state index is 13.5. The molecule has 6 heteroatoms. The number of rotatable bonds is 5. The average Bonchev–Trinajstić information content (AvgIpc) is 3.38. The summed E-state index contributed by atoms with van der Waals surface area (Å²) in [6.45, 7) is 5.53. The molecule has 3 heterocycles. The van der Waals surface area contributed by atoms with Crippen molar-refractivity contribution in [1.29, 1.82) is 0 Å². The lowest BCUT2D eigenvalue weighted by molar-refractivity contribution is 0.0438. The Kier molecular flexibility index (Phi) is 6.36. The van der Waals surface area contributed by atoms with Crippen molar-refractivity contribution in [3.8, 4) is 0 Å². The zero-order chi connectivity index (χ0) is 22.7. The molecule has 3 aliphatic rings. The van der Waals surface area contributed by atoms with E-state index in [1.165, 1.54) is 12.8 Å². The van der Waals surface area contributed by atoms with E-state index in [-0.39, 0.29) is 12.0 Å². The van der Waals surface area contributed by atoms with E-state index >= 15 is 0 Å². The molecule has 3 saturated heterocycles. The van der Waals surface area contributed by atoms with Crippen LogP contribution in [0.1, 0.15) is 53.6 Å². The monoisotopic (exact) mass is 447 g/mol. The van der Waals surface area contributed by atoms with Crippen LogP contribution in [-0.2, 0) is 17.8 Å². The lowest BCUT2D eigenvalue weighted by Crippen LogP contribution is -2.37. The summed E-state index contributed by atoms with van der Waals surface area (Å²) in [4.78, 5) is 32.3. The van der Waals surface area contributed by atoms with Crippen LogP contribution in [0.2, 0.25) is 0 Å². The molecule has 2 aromatic carbocycles. The second-order valence-corrected chi connectivity index (χ2v) is 9.68. The van der Waals surface area contributed by atoms with E-state index in [1.807, 2.05) is 53.4 Å². The molecule has 2 aromatic rings. The van der Waals surface area contributed by atoms with Gasteiger partial charge >= 0.3 is 6.09 Å². The van der Waals surface area contributed by atoms with E-state index in [0.717, 1.165) is 49.2 Å². The van der Waals surface area contributed by atoms with E-state index in [9.17, 15) is 9.59 Å². The van der Waals surface area contributed by atoms with E-state index in [1.54, 1.807) is 4.90 Å². The number of benzene rings is 2. The van der Waals surface area contributed by atoms with Crippen LogP contribution in [0.25, 0.3) is 0 Å². The van der Waals surface area contributed by atoms with Gasteiger partial charge in [-0.15, -0.1) is 0 Å². The number of carbonyl (C=O) groups is 2. The second kappa shape index (κ2) is 9.56. The summed E-state index contributed by atoms with van der Waals surface area (Å²) in [5.41, 5.74) is 2.54. The van der Waals surface area contributed by atoms with Gasteiger partial charge in [0.05, 0.1) is 6.54 Å². The van der Waals surface area contributed by atoms with E-state index in [4.69, 9.17) is 4.74 Å². The van der Waals surface area contributed by atoms with Gasteiger partial charge in [-0.05, 0) is 56.0 Å². The smallest absolute Gasteiger partial charge is 0.410 e. The van der Waals surface area contributed by atoms with Crippen LogP contribution < -0.4 is 0 Å². The van der Waals surface area contributed by atoms with Crippen molar-refractivity contribution in [3.05, 3.63) is 71.3 Å². The van der Waals surface area contributed by atoms with Crippen molar-refractivity contribution in [2.24, 2.45) is 0 Å². The summed E-state index contributed by atoms with van der Waals surface area (Å²) in [7, 11) is 0. The van der Waals surface area contributed by atoms with Crippen molar-refractivity contribution in [2.75, 3.05) is 32.7 Å². The zero-order valence-corrected chi connectivity index (χ0v) is 19.2. The van der Waals surface area contributed by atoms with Gasteiger partial charge in [-0.25, -0.2) is 4.79 Å². The Bertz CT molecular complexity index is 989. The van der Waals surface area contributed by atoms with Gasteiger partial charge in [0.25, 0.3) is 5.91 Å². The fourth-order valence-electron chi connectivity index (χ4n) is 5.47. The summed E-state index contributed by atoms with van der Waals surface area (Å²) in [5, 5.41) is 0. The SMILES string of the molecule is O=C1OC2(CCCN(C(=O)c3ccccc3CN3CCCC3)CC2)CN1Cc1ccccc1. The maximum absolute atomic E-state index is 13.5. The predicted octanol–water partition coefficient (Wildman–Crippen LogP) is 4.30. The van der Waals surface area contributed by atoms with Crippen molar-refractivity contribution >= 4 is 12.0 Å². The quantitative estimate of drug-likeness (QED) is 0.686. The molecule has 0 aliphatic carbocycles. The minimum absolute atomic E-state index is 0.104. The van der Waals surface area contributed by atoms with Crippen LogP contribution in [0.3, 0.4) is 0 Å². The van der Waals surface area contributed by atoms with Crippen LogP contribution in [0, 0.1) is 0 Å². The molecule has 1 spiro atoms. The van der Waals surface area contributed by atoms with Gasteiger partial charge in [0, 0.05) is 38.2 Å². The number of carbonyl (C=O) groups excluding carboxylic acids is 2. The first-order chi connectivity index (χ1) is 16.1. The van der Waals surface area contributed by atoms with Gasteiger partial charge in [-0.2, -0.15) is 0 Å². The fourth-order valence-corrected chi connectivity index (χ4v) is 5.47. The number of amides is 2.